The second-order valence-electron chi connectivity index (χ2n) is 6.19. The molecule has 3 aromatic rings. The number of hydrogen-bond acceptors (Lipinski definition) is 6. The Morgan fingerprint density at radius 1 is 1.23 bits per heavy atom. The number of aromatic nitrogens is 2. The van der Waals surface area contributed by atoms with Gasteiger partial charge >= 0.3 is 0 Å². The lowest BCUT2D eigenvalue weighted by Crippen LogP contribution is -2.22. The summed E-state index contributed by atoms with van der Waals surface area (Å²) in [6.45, 7) is 6.62. The van der Waals surface area contributed by atoms with E-state index in [2.05, 4.69) is 15.3 Å². The average Bonchev–Trinajstić information content (AvgIpc) is 3.23. The van der Waals surface area contributed by atoms with Crippen molar-refractivity contribution in [2.75, 3.05) is 6.79 Å². The van der Waals surface area contributed by atoms with Gasteiger partial charge in [0.25, 0.3) is 5.91 Å². The molecule has 0 saturated carbocycles. The average molecular weight is 369 g/mol. The van der Waals surface area contributed by atoms with E-state index in [4.69, 9.17) is 9.47 Å². The number of rotatable bonds is 4. The smallest absolute Gasteiger partial charge is 0.261 e. The third kappa shape index (κ3) is 2.88. The lowest BCUT2D eigenvalue weighted by atomic mass is 10.1. The zero-order valence-corrected chi connectivity index (χ0v) is 15.7. The topological polar surface area (TPSA) is 73.3 Å². The van der Waals surface area contributed by atoms with Gasteiger partial charge < -0.3 is 14.8 Å². The first-order valence-corrected chi connectivity index (χ1v) is 9.31. The molecule has 0 bridgehead atoms. The van der Waals surface area contributed by atoms with Gasteiger partial charge in [0.2, 0.25) is 6.79 Å². The quantitative estimate of drug-likeness (QED) is 0.762. The van der Waals surface area contributed by atoms with Crippen molar-refractivity contribution in [1.82, 2.24) is 15.3 Å². The molecule has 134 valence electrons. The fourth-order valence-electron chi connectivity index (χ4n) is 3.08. The van der Waals surface area contributed by atoms with Crippen LogP contribution in [0.4, 0.5) is 0 Å². The number of nitrogens with zero attached hydrogens (tertiary/aromatic N) is 2. The van der Waals surface area contributed by atoms with Crippen molar-refractivity contribution in [2.45, 2.75) is 33.7 Å². The molecule has 6 nitrogen and oxygen atoms in total. The van der Waals surface area contributed by atoms with Crippen LogP contribution >= 0.6 is 11.3 Å². The van der Waals surface area contributed by atoms with Gasteiger partial charge in [0, 0.05) is 24.0 Å². The van der Waals surface area contributed by atoms with Crippen molar-refractivity contribution < 1.29 is 14.3 Å². The Morgan fingerprint density at radius 3 is 2.85 bits per heavy atom. The Morgan fingerprint density at radius 2 is 2.04 bits per heavy atom. The fraction of sp³-hybridized carbons (Fsp3) is 0.316. The summed E-state index contributed by atoms with van der Waals surface area (Å²) in [6.07, 6.45) is 0.777. The maximum atomic E-state index is 12.7. The number of carbonyl (C=O) groups excluding carboxylic acids is 1. The Labute approximate surface area is 155 Å². The van der Waals surface area contributed by atoms with Crippen molar-refractivity contribution in [3.05, 3.63) is 45.7 Å². The third-order valence-electron chi connectivity index (χ3n) is 4.43. The van der Waals surface area contributed by atoms with Gasteiger partial charge in [-0.15, -0.1) is 11.3 Å². The van der Waals surface area contributed by atoms with Crippen LogP contribution in [-0.4, -0.2) is 22.7 Å². The minimum atomic E-state index is -0.0967. The first-order chi connectivity index (χ1) is 12.6. The summed E-state index contributed by atoms with van der Waals surface area (Å²) >= 11 is 1.42. The van der Waals surface area contributed by atoms with Gasteiger partial charge in [-0.1, -0.05) is 13.0 Å². The van der Waals surface area contributed by atoms with Crippen LogP contribution in [0.1, 0.15) is 39.2 Å². The van der Waals surface area contributed by atoms with Crippen LogP contribution in [0, 0.1) is 13.8 Å². The Balaban J connectivity index is 1.56. The van der Waals surface area contributed by atoms with Gasteiger partial charge in [0.15, 0.2) is 11.5 Å². The highest BCUT2D eigenvalue weighted by atomic mass is 32.1. The van der Waals surface area contributed by atoms with Crippen molar-refractivity contribution in [2.24, 2.45) is 0 Å². The molecule has 4 rings (SSSR count). The molecule has 0 saturated heterocycles. The lowest BCUT2D eigenvalue weighted by molar-refractivity contribution is 0.0954. The monoisotopic (exact) mass is 369 g/mol. The molecule has 0 spiro atoms. The van der Waals surface area contributed by atoms with E-state index in [0.29, 0.717) is 17.2 Å². The second-order valence-corrected chi connectivity index (χ2v) is 7.18. The number of thiophene rings is 1. The maximum Gasteiger partial charge on any atom is 0.261 e. The molecule has 7 heteroatoms. The van der Waals surface area contributed by atoms with E-state index < -0.39 is 0 Å². The highest BCUT2D eigenvalue weighted by molar-refractivity contribution is 7.20. The minimum absolute atomic E-state index is 0.0967. The number of nitrogens with one attached hydrogen (secondary N) is 1. The summed E-state index contributed by atoms with van der Waals surface area (Å²) in [5, 5.41) is 3.97. The van der Waals surface area contributed by atoms with Gasteiger partial charge in [-0.2, -0.15) is 0 Å². The van der Waals surface area contributed by atoms with E-state index in [1.54, 1.807) is 0 Å². The van der Waals surface area contributed by atoms with Gasteiger partial charge in [-0.05, 0) is 37.1 Å². The van der Waals surface area contributed by atoms with Gasteiger partial charge in [0.1, 0.15) is 10.7 Å². The zero-order chi connectivity index (χ0) is 18.3. The first-order valence-electron chi connectivity index (χ1n) is 8.50. The molecular formula is C19H19N3O3S. The van der Waals surface area contributed by atoms with E-state index in [9.17, 15) is 4.79 Å². The molecule has 0 radical (unpaired) electrons. The van der Waals surface area contributed by atoms with Gasteiger partial charge in [0.05, 0.1) is 4.88 Å². The maximum absolute atomic E-state index is 12.7. The van der Waals surface area contributed by atoms with Crippen LogP contribution < -0.4 is 14.8 Å². The molecule has 26 heavy (non-hydrogen) atoms. The molecular weight excluding hydrogens is 350 g/mol. The van der Waals surface area contributed by atoms with E-state index in [-0.39, 0.29) is 12.7 Å². The summed E-state index contributed by atoms with van der Waals surface area (Å²) in [5.41, 5.74) is 2.83. The zero-order valence-electron chi connectivity index (χ0n) is 14.9. The molecule has 0 unspecified atom stereocenters. The molecule has 0 fully saturated rings. The first kappa shape index (κ1) is 16.8. The SMILES string of the molecule is CCc1nc(C)c2c(C)c(C(=O)NCc3ccc4c(c3)OCO4)sc2n1. The number of amides is 1. The van der Waals surface area contributed by atoms with Gasteiger partial charge in [-0.25, -0.2) is 9.97 Å². The highest BCUT2D eigenvalue weighted by Gasteiger charge is 2.19. The number of fused-ring (bicyclic) bond motifs is 2. The summed E-state index contributed by atoms with van der Waals surface area (Å²) in [7, 11) is 0. The molecule has 0 atom stereocenters. The molecule has 1 N–H and O–H groups in total. The largest absolute Gasteiger partial charge is 0.454 e. The number of hydrogen-bond donors (Lipinski definition) is 1. The highest BCUT2D eigenvalue weighted by Crippen LogP contribution is 2.33. The van der Waals surface area contributed by atoms with E-state index in [1.807, 2.05) is 39.0 Å². The van der Waals surface area contributed by atoms with Crippen molar-refractivity contribution in [1.29, 1.82) is 0 Å². The molecule has 1 aliphatic heterocycles. The Kier molecular flexibility index (Phi) is 4.24. The van der Waals surface area contributed by atoms with Crippen LogP contribution in [-0.2, 0) is 13.0 Å². The van der Waals surface area contributed by atoms with Crippen molar-refractivity contribution >= 4 is 27.5 Å². The fourth-order valence-corrected chi connectivity index (χ4v) is 4.25. The van der Waals surface area contributed by atoms with E-state index in [0.717, 1.165) is 45.0 Å². The Hall–Kier alpha value is -2.67. The molecule has 0 aliphatic carbocycles. The van der Waals surface area contributed by atoms with Gasteiger partial charge in [-0.3, -0.25) is 4.79 Å². The number of carbonyl (C=O) groups is 1. The van der Waals surface area contributed by atoms with Crippen molar-refractivity contribution in [3.8, 4) is 11.5 Å². The number of ether oxygens (including phenoxy) is 2. The van der Waals surface area contributed by atoms with Crippen LogP contribution in [0.2, 0.25) is 0 Å². The summed E-state index contributed by atoms with van der Waals surface area (Å²) < 4.78 is 10.7. The predicted molar refractivity (Wildman–Crippen MR) is 100 cm³/mol. The third-order valence-corrected chi connectivity index (χ3v) is 5.61. The van der Waals surface area contributed by atoms with E-state index in [1.165, 1.54) is 11.3 Å². The standard InChI is InChI=1S/C19H19N3O3S/c1-4-15-21-11(3)16-10(2)17(26-19(16)22-15)18(23)20-8-12-5-6-13-14(7-12)25-9-24-13/h5-7H,4,8-9H2,1-3H3,(H,20,23). The van der Waals surface area contributed by atoms with Crippen LogP contribution in [0.3, 0.4) is 0 Å². The van der Waals surface area contributed by atoms with Crippen LogP contribution in [0.15, 0.2) is 18.2 Å². The number of benzene rings is 1. The minimum Gasteiger partial charge on any atom is -0.454 e. The second kappa shape index (κ2) is 6.57. The predicted octanol–water partition coefficient (Wildman–Crippen LogP) is 3.53. The van der Waals surface area contributed by atoms with Crippen LogP contribution in [0.25, 0.3) is 10.2 Å². The number of aryl methyl sites for hydroxylation is 3. The molecule has 1 aliphatic rings. The summed E-state index contributed by atoms with van der Waals surface area (Å²) in [4.78, 5) is 23.4. The molecule has 1 amide bonds. The normalized spacial score (nSPS) is 12.6. The molecule has 2 aromatic heterocycles. The summed E-state index contributed by atoms with van der Waals surface area (Å²) in [6, 6.07) is 5.68. The lowest BCUT2D eigenvalue weighted by Gasteiger charge is -2.06. The summed E-state index contributed by atoms with van der Waals surface area (Å²) in [5.74, 6) is 2.16. The molecule has 1 aromatic carbocycles. The Bertz CT molecular complexity index is 1010. The molecule has 3 heterocycles. The van der Waals surface area contributed by atoms with E-state index >= 15 is 0 Å². The van der Waals surface area contributed by atoms with Crippen LogP contribution in [0.5, 0.6) is 11.5 Å². The van der Waals surface area contributed by atoms with Crippen molar-refractivity contribution in [3.63, 3.8) is 0 Å².